The second-order valence-corrected chi connectivity index (χ2v) is 5.34. The third kappa shape index (κ3) is 4.47. The molecule has 4 heteroatoms. The molecule has 0 radical (unpaired) electrons. The van der Waals surface area contributed by atoms with Crippen LogP contribution in [-0.2, 0) is 6.54 Å². The highest BCUT2D eigenvalue weighted by atomic mass is 16.5. The largest absolute Gasteiger partial charge is 0.492 e. The van der Waals surface area contributed by atoms with Crippen molar-refractivity contribution in [2.45, 2.75) is 19.9 Å². The van der Waals surface area contributed by atoms with Crippen LogP contribution in [-0.4, -0.2) is 55.7 Å². The Morgan fingerprint density at radius 2 is 1.70 bits per heavy atom. The molecule has 2 N–H and O–H groups in total. The summed E-state index contributed by atoms with van der Waals surface area (Å²) >= 11 is 0. The van der Waals surface area contributed by atoms with Crippen molar-refractivity contribution in [1.29, 1.82) is 0 Å². The molecule has 0 unspecified atom stereocenters. The van der Waals surface area contributed by atoms with Gasteiger partial charge in [0.15, 0.2) is 0 Å². The fourth-order valence-electron chi connectivity index (χ4n) is 2.65. The van der Waals surface area contributed by atoms with Crippen molar-refractivity contribution in [2.24, 2.45) is 5.73 Å². The average molecular weight is 277 g/mol. The number of hydrogen-bond acceptors (Lipinski definition) is 4. The molecule has 0 bridgehead atoms. The zero-order valence-electron chi connectivity index (χ0n) is 12.6. The fourth-order valence-corrected chi connectivity index (χ4v) is 2.65. The van der Waals surface area contributed by atoms with E-state index in [0.29, 0.717) is 6.54 Å². The summed E-state index contributed by atoms with van der Waals surface area (Å²) in [6.45, 7) is 10.4. The van der Waals surface area contributed by atoms with E-state index in [0.717, 1.165) is 37.6 Å². The Kier molecular flexibility index (Phi) is 6.30. The maximum atomic E-state index is 5.87. The summed E-state index contributed by atoms with van der Waals surface area (Å²) in [5, 5.41) is 0. The van der Waals surface area contributed by atoms with E-state index in [1.807, 2.05) is 24.3 Å². The summed E-state index contributed by atoms with van der Waals surface area (Å²) in [6, 6.07) is 8.03. The first-order valence-electron chi connectivity index (χ1n) is 7.69. The van der Waals surface area contributed by atoms with Crippen LogP contribution in [0.25, 0.3) is 0 Å². The van der Waals surface area contributed by atoms with Crippen LogP contribution in [0.2, 0.25) is 0 Å². The molecule has 1 aliphatic rings. The zero-order chi connectivity index (χ0) is 14.2. The molecule has 0 atom stereocenters. The Hall–Kier alpha value is -1.10. The quantitative estimate of drug-likeness (QED) is 0.821. The Balaban J connectivity index is 1.69. The van der Waals surface area contributed by atoms with Gasteiger partial charge in [0.05, 0.1) is 0 Å². The monoisotopic (exact) mass is 277 g/mol. The highest BCUT2D eigenvalue weighted by molar-refractivity contribution is 5.32. The van der Waals surface area contributed by atoms with Gasteiger partial charge in [0.25, 0.3) is 0 Å². The molecule has 0 amide bonds. The van der Waals surface area contributed by atoms with Crippen LogP contribution in [0, 0.1) is 0 Å². The summed E-state index contributed by atoms with van der Waals surface area (Å²) in [5.74, 6) is 0.930. The molecule has 0 spiro atoms. The van der Waals surface area contributed by atoms with Gasteiger partial charge in [0, 0.05) is 44.8 Å². The minimum atomic E-state index is 0.534. The zero-order valence-corrected chi connectivity index (χ0v) is 12.6. The Labute approximate surface area is 122 Å². The summed E-state index contributed by atoms with van der Waals surface area (Å²) in [5.41, 5.74) is 6.80. The second kappa shape index (κ2) is 8.25. The van der Waals surface area contributed by atoms with Gasteiger partial charge in [-0.05, 0) is 19.0 Å². The van der Waals surface area contributed by atoms with E-state index >= 15 is 0 Å². The van der Waals surface area contributed by atoms with Gasteiger partial charge in [-0.2, -0.15) is 0 Å². The van der Waals surface area contributed by atoms with E-state index in [2.05, 4.69) is 16.7 Å². The topological polar surface area (TPSA) is 41.7 Å². The van der Waals surface area contributed by atoms with Crippen molar-refractivity contribution in [1.82, 2.24) is 9.80 Å². The van der Waals surface area contributed by atoms with Crippen molar-refractivity contribution < 1.29 is 4.74 Å². The average Bonchev–Trinajstić information content (AvgIpc) is 2.50. The number of benzene rings is 1. The van der Waals surface area contributed by atoms with E-state index in [1.54, 1.807) is 0 Å². The Morgan fingerprint density at radius 3 is 2.35 bits per heavy atom. The lowest BCUT2D eigenvalue weighted by Crippen LogP contribution is -2.47. The molecule has 2 rings (SSSR count). The van der Waals surface area contributed by atoms with Gasteiger partial charge >= 0.3 is 0 Å². The van der Waals surface area contributed by atoms with Gasteiger partial charge in [-0.25, -0.2) is 0 Å². The van der Waals surface area contributed by atoms with Crippen molar-refractivity contribution in [3.8, 4) is 5.75 Å². The number of nitrogens with zero attached hydrogens (tertiary/aromatic N) is 2. The molecule has 20 heavy (non-hydrogen) atoms. The summed E-state index contributed by atoms with van der Waals surface area (Å²) in [4.78, 5) is 5.03. The van der Waals surface area contributed by atoms with Crippen LogP contribution < -0.4 is 10.5 Å². The third-order valence-corrected chi connectivity index (χ3v) is 3.86. The number of rotatable bonds is 7. The van der Waals surface area contributed by atoms with Crippen LogP contribution in [0.4, 0.5) is 0 Å². The van der Waals surface area contributed by atoms with E-state index in [1.165, 1.54) is 26.1 Å². The van der Waals surface area contributed by atoms with Gasteiger partial charge in [-0.3, -0.25) is 4.90 Å². The maximum Gasteiger partial charge on any atom is 0.123 e. The molecule has 1 aromatic carbocycles. The SMILES string of the molecule is CCCN1CCN(CCOc2ccccc2CN)CC1. The van der Waals surface area contributed by atoms with Crippen molar-refractivity contribution in [2.75, 3.05) is 45.9 Å². The summed E-state index contributed by atoms with van der Waals surface area (Å²) in [7, 11) is 0. The third-order valence-electron chi connectivity index (χ3n) is 3.86. The van der Waals surface area contributed by atoms with Crippen molar-refractivity contribution >= 4 is 0 Å². The Morgan fingerprint density at radius 1 is 1.05 bits per heavy atom. The lowest BCUT2D eigenvalue weighted by Gasteiger charge is -2.34. The van der Waals surface area contributed by atoms with E-state index in [9.17, 15) is 0 Å². The van der Waals surface area contributed by atoms with Crippen molar-refractivity contribution in [3.63, 3.8) is 0 Å². The molecule has 4 nitrogen and oxygen atoms in total. The van der Waals surface area contributed by atoms with Crippen LogP contribution >= 0.6 is 0 Å². The number of ether oxygens (including phenoxy) is 1. The molecule has 1 aromatic rings. The highest BCUT2D eigenvalue weighted by Gasteiger charge is 2.15. The molecule has 0 aromatic heterocycles. The van der Waals surface area contributed by atoms with Gasteiger partial charge < -0.3 is 15.4 Å². The Bertz CT molecular complexity index is 389. The summed E-state index contributed by atoms with van der Waals surface area (Å²) in [6.07, 6.45) is 1.25. The number of nitrogens with two attached hydrogens (primary N) is 1. The minimum absolute atomic E-state index is 0.534. The molecule has 1 saturated heterocycles. The molecule has 1 fully saturated rings. The fraction of sp³-hybridized carbons (Fsp3) is 0.625. The smallest absolute Gasteiger partial charge is 0.123 e. The summed E-state index contributed by atoms with van der Waals surface area (Å²) < 4.78 is 5.87. The number of para-hydroxylation sites is 1. The first kappa shape index (κ1) is 15.3. The van der Waals surface area contributed by atoms with Gasteiger partial charge in [0.2, 0.25) is 0 Å². The highest BCUT2D eigenvalue weighted by Crippen LogP contribution is 2.16. The molecular weight excluding hydrogens is 250 g/mol. The standard InChI is InChI=1S/C16H27N3O/c1-2-7-18-8-10-19(11-9-18)12-13-20-16-6-4-3-5-15(16)14-17/h3-6H,2,7-14,17H2,1H3. The predicted molar refractivity (Wildman–Crippen MR) is 83.0 cm³/mol. The van der Waals surface area contributed by atoms with Gasteiger partial charge in [-0.1, -0.05) is 25.1 Å². The van der Waals surface area contributed by atoms with Crippen LogP contribution in [0.5, 0.6) is 5.75 Å². The predicted octanol–water partition coefficient (Wildman–Crippen LogP) is 1.55. The molecule has 1 aliphatic heterocycles. The van der Waals surface area contributed by atoms with Crippen LogP contribution in [0.1, 0.15) is 18.9 Å². The number of hydrogen-bond donors (Lipinski definition) is 1. The van der Waals surface area contributed by atoms with Crippen molar-refractivity contribution in [3.05, 3.63) is 29.8 Å². The molecule has 0 saturated carbocycles. The molecule has 0 aliphatic carbocycles. The van der Waals surface area contributed by atoms with Crippen LogP contribution in [0.3, 0.4) is 0 Å². The molecule has 112 valence electrons. The van der Waals surface area contributed by atoms with Crippen LogP contribution in [0.15, 0.2) is 24.3 Å². The van der Waals surface area contributed by atoms with E-state index < -0.39 is 0 Å². The van der Waals surface area contributed by atoms with Gasteiger partial charge in [-0.15, -0.1) is 0 Å². The first-order valence-corrected chi connectivity index (χ1v) is 7.69. The first-order chi connectivity index (χ1) is 9.83. The normalized spacial score (nSPS) is 17.3. The maximum absolute atomic E-state index is 5.87. The number of piperazine rings is 1. The second-order valence-electron chi connectivity index (χ2n) is 5.34. The molecular formula is C16H27N3O. The lowest BCUT2D eigenvalue weighted by atomic mass is 10.2. The van der Waals surface area contributed by atoms with Gasteiger partial charge in [0.1, 0.15) is 12.4 Å². The lowest BCUT2D eigenvalue weighted by molar-refractivity contribution is 0.117. The minimum Gasteiger partial charge on any atom is -0.492 e. The molecule has 1 heterocycles. The van der Waals surface area contributed by atoms with E-state index in [-0.39, 0.29) is 0 Å². The van der Waals surface area contributed by atoms with E-state index in [4.69, 9.17) is 10.5 Å².